The minimum atomic E-state index is -0.226. The van der Waals surface area contributed by atoms with Gasteiger partial charge in [0.15, 0.2) is 0 Å². The monoisotopic (exact) mass is 402 g/mol. The highest BCUT2D eigenvalue weighted by Gasteiger charge is 2.40. The number of benzene rings is 2. The summed E-state index contributed by atoms with van der Waals surface area (Å²) in [5, 5.41) is 9.26. The molecule has 5 heteroatoms. The number of hydrogen-bond acceptors (Lipinski definition) is 5. The molecule has 4 nitrogen and oxygen atoms in total. The molecule has 2 aromatic carbocycles. The van der Waals surface area contributed by atoms with E-state index < -0.39 is 0 Å². The molecule has 29 heavy (non-hydrogen) atoms. The fourth-order valence-electron chi connectivity index (χ4n) is 4.27. The Morgan fingerprint density at radius 1 is 1.00 bits per heavy atom. The van der Waals surface area contributed by atoms with E-state index in [4.69, 9.17) is 4.74 Å². The smallest absolute Gasteiger partial charge is 0.145 e. The van der Waals surface area contributed by atoms with Crippen LogP contribution in [-0.2, 0) is 4.79 Å². The number of nitrogens with one attached hydrogen (secondary N) is 2. The molecule has 1 aliphatic heterocycles. The molecule has 0 spiro atoms. The number of para-hydroxylation sites is 2. The SMILES string of the molecule is COc1ccc(C2C=C3Nc4ccccc4NC(c4cccs4)C3C(=O)C2)cc1. The van der Waals surface area contributed by atoms with Crippen LogP contribution in [0.5, 0.6) is 5.75 Å². The van der Waals surface area contributed by atoms with Gasteiger partial charge in [0.25, 0.3) is 0 Å². The lowest BCUT2D eigenvalue weighted by molar-refractivity contribution is -0.122. The van der Waals surface area contributed by atoms with Gasteiger partial charge in [-0.05, 0) is 41.3 Å². The van der Waals surface area contributed by atoms with Crippen LogP contribution in [-0.4, -0.2) is 12.9 Å². The molecule has 0 saturated heterocycles. The average Bonchev–Trinajstić information content (AvgIpc) is 3.22. The molecule has 3 atom stereocenters. The zero-order valence-electron chi connectivity index (χ0n) is 16.1. The Morgan fingerprint density at radius 3 is 2.52 bits per heavy atom. The third kappa shape index (κ3) is 3.32. The molecule has 3 unspecified atom stereocenters. The standard InChI is InChI=1S/C24H22N2O2S/c1-28-17-10-8-15(9-11-17)16-13-20-23(21(27)14-16)24(22-7-4-12-29-22)26-19-6-3-2-5-18(19)25-20/h2-13,16,23-26H,14H2,1H3. The maximum atomic E-state index is 13.4. The average molecular weight is 403 g/mol. The molecule has 146 valence electrons. The third-order valence-corrected chi connectivity index (χ3v) is 6.68. The van der Waals surface area contributed by atoms with Crippen molar-refractivity contribution in [2.75, 3.05) is 17.7 Å². The van der Waals surface area contributed by atoms with Gasteiger partial charge in [-0.2, -0.15) is 0 Å². The number of methoxy groups -OCH3 is 1. The van der Waals surface area contributed by atoms with Crippen LogP contribution in [0.1, 0.15) is 28.8 Å². The van der Waals surface area contributed by atoms with E-state index in [1.807, 2.05) is 42.5 Å². The normalized spacial score (nSPS) is 23.0. The van der Waals surface area contributed by atoms with Crippen LogP contribution in [0.15, 0.2) is 77.8 Å². The molecule has 0 amide bonds. The van der Waals surface area contributed by atoms with Gasteiger partial charge in [-0.25, -0.2) is 0 Å². The van der Waals surface area contributed by atoms with Crippen LogP contribution in [0.4, 0.5) is 11.4 Å². The first-order chi connectivity index (χ1) is 14.2. The quantitative estimate of drug-likeness (QED) is 0.599. The minimum Gasteiger partial charge on any atom is -0.497 e. The van der Waals surface area contributed by atoms with Crippen molar-refractivity contribution in [2.24, 2.45) is 5.92 Å². The second-order valence-electron chi connectivity index (χ2n) is 7.46. The Kier molecular flexibility index (Phi) is 4.60. The fraction of sp³-hybridized carbons (Fsp3) is 0.208. The topological polar surface area (TPSA) is 50.4 Å². The summed E-state index contributed by atoms with van der Waals surface area (Å²) in [7, 11) is 1.66. The molecule has 0 bridgehead atoms. The predicted octanol–water partition coefficient (Wildman–Crippen LogP) is 5.59. The number of Topliss-reactive ketones (excluding diaryl/α,β-unsaturated/α-hetero) is 1. The van der Waals surface area contributed by atoms with Gasteiger partial charge in [-0.1, -0.05) is 36.4 Å². The second-order valence-corrected chi connectivity index (χ2v) is 8.44. The molecule has 5 rings (SSSR count). The Bertz CT molecular complexity index is 1060. The lowest BCUT2D eigenvalue weighted by Crippen LogP contribution is -2.33. The maximum absolute atomic E-state index is 13.4. The molecule has 1 aromatic heterocycles. The van der Waals surface area contributed by atoms with Crippen LogP contribution in [0.3, 0.4) is 0 Å². The maximum Gasteiger partial charge on any atom is 0.145 e. The van der Waals surface area contributed by atoms with Crippen LogP contribution >= 0.6 is 11.3 Å². The lowest BCUT2D eigenvalue weighted by atomic mass is 9.78. The Labute approximate surface area is 174 Å². The highest BCUT2D eigenvalue weighted by molar-refractivity contribution is 7.10. The summed E-state index contributed by atoms with van der Waals surface area (Å²) in [5.74, 6) is 0.913. The largest absolute Gasteiger partial charge is 0.497 e. The van der Waals surface area contributed by atoms with Crippen LogP contribution < -0.4 is 15.4 Å². The fourth-order valence-corrected chi connectivity index (χ4v) is 5.09. The number of thiophene rings is 1. The molecule has 3 aromatic rings. The molecule has 0 radical (unpaired) electrons. The van der Waals surface area contributed by atoms with Crippen LogP contribution in [0, 0.1) is 5.92 Å². The van der Waals surface area contributed by atoms with E-state index in [9.17, 15) is 4.79 Å². The molecule has 2 aliphatic rings. The molecule has 0 saturated carbocycles. The molecular weight excluding hydrogens is 380 g/mol. The first kappa shape index (κ1) is 18.0. The van der Waals surface area contributed by atoms with Gasteiger partial charge in [0, 0.05) is 22.9 Å². The number of carbonyl (C=O) groups is 1. The van der Waals surface area contributed by atoms with E-state index in [1.54, 1.807) is 18.4 Å². The van der Waals surface area contributed by atoms with Gasteiger partial charge in [-0.15, -0.1) is 11.3 Å². The van der Waals surface area contributed by atoms with Gasteiger partial charge in [0.05, 0.1) is 30.4 Å². The molecule has 2 N–H and O–H groups in total. The number of carbonyl (C=O) groups excluding carboxylic acids is 1. The number of rotatable bonds is 3. The summed E-state index contributed by atoms with van der Waals surface area (Å²) >= 11 is 1.69. The van der Waals surface area contributed by atoms with Gasteiger partial charge in [0.1, 0.15) is 11.5 Å². The van der Waals surface area contributed by atoms with E-state index in [1.165, 1.54) is 4.88 Å². The van der Waals surface area contributed by atoms with Gasteiger partial charge < -0.3 is 15.4 Å². The summed E-state index contributed by atoms with van der Waals surface area (Å²) in [6.45, 7) is 0. The zero-order chi connectivity index (χ0) is 19.8. The minimum absolute atomic E-state index is 0.0569. The van der Waals surface area contributed by atoms with Crippen LogP contribution in [0.2, 0.25) is 0 Å². The second kappa shape index (κ2) is 7.41. The van der Waals surface area contributed by atoms with E-state index in [-0.39, 0.29) is 23.7 Å². The van der Waals surface area contributed by atoms with Gasteiger partial charge in [0.2, 0.25) is 0 Å². The summed E-state index contributed by atoms with van der Waals surface area (Å²) in [6.07, 6.45) is 2.74. The first-order valence-corrected chi connectivity index (χ1v) is 10.7. The third-order valence-electron chi connectivity index (χ3n) is 5.73. The predicted molar refractivity (Wildman–Crippen MR) is 118 cm³/mol. The first-order valence-electron chi connectivity index (χ1n) is 9.77. The van der Waals surface area contributed by atoms with E-state index in [2.05, 4.69) is 40.3 Å². The van der Waals surface area contributed by atoms with Crippen molar-refractivity contribution in [3.8, 4) is 5.75 Å². The number of hydrogen-bond donors (Lipinski definition) is 2. The van der Waals surface area contributed by atoms with E-state index in [0.29, 0.717) is 6.42 Å². The van der Waals surface area contributed by atoms with Gasteiger partial charge >= 0.3 is 0 Å². The van der Waals surface area contributed by atoms with Crippen LogP contribution in [0.25, 0.3) is 0 Å². The van der Waals surface area contributed by atoms with Crippen molar-refractivity contribution in [1.82, 2.24) is 0 Å². The van der Waals surface area contributed by atoms with E-state index >= 15 is 0 Å². The van der Waals surface area contributed by atoms with Crippen molar-refractivity contribution < 1.29 is 9.53 Å². The number of anilines is 2. The Balaban J connectivity index is 1.58. The van der Waals surface area contributed by atoms with Gasteiger partial charge in [-0.3, -0.25) is 4.79 Å². The molecule has 1 aliphatic carbocycles. The number of ketones is 1. The Morgan fingerprint density at radius 2 is 1.79 bits per heavy atom. The number of fused-ring (bicyclic) bond motifs is 2. The number of ether oxygens (including phenoxy) is 1. The molecule has 0 fully saturated rings. The van der Waals surface area contributed by atoms with Crippen molar-refractivity contribution >= 4 is 28.5 Å². The highest BCUT2D eigenvalue weighted by atomic mass is 32.1. The Hall–Kier alpha value is -3.05. The summed E-state index contributed by atoms with van der Waals surface area (Å²) in [5.41, 5.74) is 4.14. The molecule has 2 heterocycles. The van der Waals surface area contributed by atoms with E-state index in [0.717, 1.165) is 28.4 Å². The highest BCUT2D eigenvalue weighted by Crippen LogP contribution is 2.45. The number of allylic oxidation sites excluding steroid dienone is 1. The molecular formula is C24H22N2O2S. The van der Waals surface area contributed by atoms with Crippen molar-refractivity contribution in [3.63, 3.8) is 0 Å². The van der Waals surface area contributed by atoms with Crippen molar-refractivity contribution in [3.05, 3.63) is 88.3 Å². The van der Waals surface area contributed by atoms with Crippen molar-refractivity contribution in [1.29, 1.82) is 0 Å². The van der Waals surface area contributed by atoms with Crippen molar-refractivity contribution in [2.45, 2.75) is 18.4 Å². The zero-order valence-corrected chi connectivity index (χ0v) is 16.9. The summed E-state index contributed by atoms with van der Waals surface area (Å²) < 4.78 is 5.27. The summed E-state index contributed by atoms with van der Waals surface area (Å²) in [4.78, 5) is 14.6. The lowest BCUT2D eigenvalue weighted by Gasteiger charge is -2.31. The summed E-state index contributed by atoms with van der Waals surface area (Å²) in [6, 6.07) is 20.2.